The second kappa shape index (κ2) is 4.29. The SMILES string of the molecule is Cc1csc(C(O)(c2nc(C)cs2)C(F)(F)F)n1. The largest absolute Gasteiger partial charge is 0.430 e. The van der Waals surface area contributed by atoms with Gasteiger partial charge in [0.25, 0.3) is 5.60 Å². The molecule has 98 valence electrons. The van der Waals surface area contributed by atoms with Crippen molar-refractivity contribution in [2.24, 2.45) is 0 Å². The number of alkyl halides is 3. The van der Waals surface area contributed by atoms with E-state index >= 15 is 0 Å². The third-order valence-electron chi connectivity index (χ3n) is 2.27. The van der Waals surface area contributed by atoms with Gasteiger partial charge in [-0.1, -0.05) is 0 Å². The number of thiazole rings is 2. The molecule has 0 atom stereocenters. The van der Waals surface area contributed by atoms with E-state index in [1.54, 1.807) is 13.8 Å². The normalized spacial score (nSPS) is 13.0. The fraction of sp³-hybridized carbons (Fsp3) is 0.400. The van der Waals surface area contributed by atoms with E-state index in [0.717, 1.165) is 22.7 Å². The lowest BCUT2D eigenvalue weighted by Gasteiger charge is -2.26. The summed E-state index contributed by atoms with van der Waals surface area (Å²) in [5, 5.41) is 12.2. The van der Waals surface area contributed by atoms with Crippen molar-refractivity contribution in [2.45, 2.75) is 25.6 Å². The number of nitrogens with zero attached hydrogens (tertiary/aromatic N) is 2. The van der Waals surface area contributed by atoms with Gasteiger partial charge in [-0.2, -0.15) is 13.2 Å². The van der Waals surface area contributed by atoms with Crippen molar-refractivity contribution in [3.8, 4) is 0 Å². The zero-order chi connectivity index (χ0) is 13.6. The molecule has 0 aromatic carbocycles. The molecule has 1 N–H and O–H groups in total. The zero-order valence-electron chi connectivity index (χ0n) is 9.45. The Morgan fingerprint density at radius 2 is 1.39 bits per heavy atom. The van der Waals surface area contributed by atoms with E-state index in [2.05, 4.69) is 9.97 Å². The molecule has 0 unspecified atom stereocenters. The average Bonchev–Trinajstić information content (AvgIpc) is 2.84. The second-order valence-electron chi connectivity index (χ2n) is 3.80. The predicted molar refractivity (Wildman–Crippen MR) is 62.8 cm³/mol. The van der Waals surface area contributed by atoms with Crippen LogP contribution in [-0.2, 0) is 5.60 Å². The van der Waals surface area contributed by atoms with Gasteiger partial charge < -0.3 is 5.11 Å². The molecule has 0 saturated carbocycles. The smallest absolute Gasteiger partial charge is 0.369 e. The van der Waals surface area contributed by atoms with Crippen molar-refractivity contribution in [2.75, 3.05) is 0 Å². The van der Waals surface area contributed by atoms with Gasteiger partial charge in [0.15, 0.2) is 0 Å². The third-order valence-corrected chi connectivity index (χ3v) is 4.41. The van der Waals surface area contributed by atoms with Gasteiger partial charge in [0, 0.05) is 22.1 Å². The van der Waals surface area contributed by atoms with E-state index in [1.807, 2.05) is 0 Å². The number of aliphatic hydroxyl groups is 1. The first-order chi connectivity index (χ1) is 8.25. The van der Waals surface area contributed by atoms with Crippen LogP contribution in [0.1, 0.15) is 21.4 Å². The molecule has 2 rings (SSSR count). The van der Waals surface area contributed by atoms with Gasteiger partial charge in [0.05, 0.1) is 0 Å². The Morgan fingerprint density at radius 1 is 1.00 bits per heavy atom. The van der Waals surface area contributed by atoms with Crippen molar-refractivity contribution in [3.63, 3.8) is 0 Å². The molecular formula is C10H9F3N2OS2. The molecule has 0 amide bonds. The van der Waals surface area contributed by atoms with E-state index in [0.29, 0.717) is 11.4 Å². The van der Waals surface area contributed by atoms with Gasteiger partial charge in [0.2, 0.25) is 0 Å². The molecule has 18 heavy (non-hydrogen) atoms. The lowest BCUT2D eigenvalue weighted by atomic mass is 10.1. The summed E-state index contributed by atoms with van der Waals surface area (Å²) < 4.78 is 39.5. The molecular weight excluding hydrogens is 285 g/mol. The van der Waals surface area contributed by atoms with Crippen LogP contribution in [0.25, 0.3) is 0 Å². The number of hydrogen-bond donors (Lipinski definition) is 1. The molecule has 0 radical (unpaired) electrons. The summed E-state index contributed by atoms with van der Waals surface area (Å²) in [4.78, 5) is 7.50. The van der Waals surface area contributed by atoms with Crippen molar-refractivity contribution in [3.05, 3.63) is 32.2 Å². The lowest BCUT2D eigenvalue weighted by molar-refractivity contribution is -0.248. The number of aryl methyl sites for hydroxylation is 2. The molecule has 0 spiro atoms. The molecule has 0 bridgehead atoms. The zero-order valence-corrected chi connectivity index (χ0v) is 11.1. The maximum Gasteiger partial charge on any atom is 0.430 e. The minimum absolute atomic E-state index is 0.401. The number of aromatic nitrogens is 2. The summed E-state index contributed by atoms with van der Waals surface area (Å²) >= 11 is 1.55. The second-order valence-corrected chi connectivity index (χ2v) is 5.51. The highest BCUT2D eigenvalue weighted by atomic mass is 32.1. The maximum absolute atomic E-state index is 13.2. The van der Waals surface area contributed by atoms with Crippen LogP contribution in [0.2, 0.25) is 0 Å². The minimum atomic E-state index is -4.86. The van der Waals surface area contributed by atoms with E-state index in [4.69, 9.17) is 0 Å². The summed E-state index contributed by atoms with van der Waals surface area (Å²) in [7, 11) is 0. The molecule has 8 heteroatoms. The monoisotopic (exact) mass is 294 g/mol. The van der Waals surface area contributed by atoms with Crippen molar-refractivity contribution in [1.82, 2.24) is 9.97 Å². The maximum atomic E-state index is 13.2. The molecule has 0 aliphatic rings. The fourth-order valence-corrected chi connectivity index (χ4v) is 3.27. The Balaban J connectivity index is 2.62. The molecule has 0 fully saturated rings. The Bertz CT molecular complexity index is 521. The minimum Gasteiger partial charge on any atom is -0.369 e. The molecule has 2 aromatic rings. The molecule has 0 aliphatic carbocycles. The highest BCUT2D eigenvalue weighted by molar-refractivity contribution is 7.11. The van der Waals surface area contributed by atoms with Gasteiger partial charge in [-0.25, -0.2) is 9.97 Å². The average molecular weight is 294 g/mol. The van der Waals surface area contributed by atoms with Crippen molar-refractivity contribution >= 4 is 22.7 Å². The first-order valence-electron chi connectivity index (χ1n) is 4.89. The van der Waals surface area contributed by atoms with Gasteiger partial charge in [0.1, 0.15) is 10.0 Å². The summed E-state index contributed by atoms with van der Waals surface area (Å²) in [5.74, 6) is 0. The molecule has 2 heterocycles. The van der Waals surface area contributed by atoms with Crippen LogP contribution >= 0.6 is 22.7 Å². The summed E-state index contributed by atoms with van der Waals surface area (Å²) in [6.07, 6.45) is -4.86. The van der Waals surface area contributed by atoms with E-state index in [1.165, 1.54) is 10.8 Å². The molecule has 2 aromatic heterocycles. The van der Waals surface area contributed by atoms with Crippen LogP contribution in [0.3, 0.4) is 0 Å². The highest BCUT2D eigenvalue weighted by Gasteiger charge is 2.60. The van der Waals surface area contributed by atoms with E-state index < -0.39 is 21.8 Å². The Labute approximate surface area is 109 Å². The van der Waals surface area contributed by atoms with E-state index in [-0.39, 0.29) is 0 Å². The van der Waals surface area contributed by atoms with Gasteiger partial charge in [-0.05, 0) is 13.8 Å². The number of hydrogen-bond acceptors (Lipinski definition) is 5. The number of halogens is 3. The predicted octanol–water partition coefficient (Wildman–Crippen LogP) is 3.01. The van der Waals surface area contributed by atoms with Crippen LogP contribution in [0, 0.1) is 13.8 Å². The van der Waals surface area contributed by atoms with Gasteiger partial charge >= 0.3 is 6.18 Å². The molecule has 0 saturated heterocycles. The first-order valence-corrected chi connectivity index (χ1v) is 6.65. The summed E-state index contributed by atoms with van der Waals surface area (Å²) in [5.41, 5.74) is -2.25. The fourth-order valence-electron chi connectivity index (χ4n) is 1.37. The van der Waals surface area contributed by atoms with Crippen molar-refractivity contribution < 1.29 is 18.3 Å². The van der Waals surface area contributed by atoms with E-state index in [9.17, 15) is 18.3 Å². The van der Waals surface area contributed by atoms with Crippen molar-refractivity contribution in [1.29, 1.82) is 0 Å². The van der Waals surface area contributed by atoms with Crippen LogP contribution < -0.4 is 0 Å². The van der Waals surface area contributed by atoms with Crippen LogP contribution in [-0.4, -0.2) is 21.3 Å². The Hall–Kier alpha value is -0.990. The van der Waals surface area contributed by atoms with Crippen LogP contribution in [0.15, 0.2) is 10.8 Å². The topological polar surface area (TPSA) is 46.0 Å². The molecule has 3 nitrogen and oxygen atoms in total. The lowest BCUT2D eigenvalue weighted by Crippen LogP contribution is -2.43. The summed E-state index contributed by atoms with van der Waals surface area (Å²) in [6, 6.07) is 0. The quantitative estimate of drug-likeness (QED) is 0.926. The van der Waals surface area contributed by atoms with Gasteiger partial charge in [-0.15, -0.1) is 22.7 Å². The molecule has 0 aliphatic heterocycles. The van der Waals surface area contributed by atoms with Gasteiger partial charge in [-0.3, -0.25) is 0 Å². The summed E-state index contributed by atoms with van der Waals surface area (Å²) in [6.45, 7) is 3.15. The third kappa shape index (κ3) is 2.04. The number of rotatable bonds is 2. The Morgan fingerprint density at radius 3 is 1.61 bits per heavy atom. The van der Waals surface area contributed by atoms with Crippen LogP contribution in [0.5, 0.6) is 0 Å². The highest BCUT2D eigenvalue weighted by Crippen LogP contribution is 2.46. The first kappa shape index (κ1) is 13.4. The Kier molecular flexibility index (Phi) is 3.20. The van der Waals surface area contributed by atoms with Crippen LogP contribution in [0.4, 0.5) is 13.2 Å². The standard InChI is InChI=1S/C10H9F3N2OS2/c1-5-3-17-7(14-5)9(16,10(11,12)13)8-15-6(2)4-18-8/h3-4,16H,1-2H3.